The maximum absolute atomic E-state index is 11.5. The van der Waals surface area contributed by atoms with Gasteiger partial charge in [0.15, 0.2) is 0 Å². The molecule has 0 amide bonds. The van der Waals surface area contributed by atoms with Crippen molar-refractivity contribution in [2.75, 3.05) is 7.11 Å². The van der Waals surface area contributed by atoms with Gasteiger partial charge in [-0.15, -0.1) is 10.2 Å². The van der Waals surface area contributed by atoms with Crippen LogP contribution in [0.4, 0.5) is 11.4 Å². The zero-order valence-electron chi connectivity index (χ0n) is 15.6. The van der Waals surface area contributed by atoms with E-state index < -0.39 is 20.2 Å². The molecule has 0 aromatic heterocycles. The van der Waals surface area contributed by atoms with Crippen LogP contribution in [-0.4, -0.2) is 97.3 Å². The van der Waals surface area contributed by atoms with E-state index in [-0.39, 0.29) is 97.3 Å². The SMILES string of the molecule is COc1cc(S(=O)(=O)O)c(C)cc1/N=N/c1c(O)ccc2cc(S(=O)(=O)O)ccc12.[NaH].[NaH]. The molecule has 14 heteroatoms. The molecular formula is C18H18N2Na2O8S2. The number of ether oxygens (including phenoxy) is 1. The summed E-state index contributed by atoms with van der Waals surface area (Å²) >= 11 is 0. The minimum absolute atomic E-state index is 0. The van der Waals surface area contributed by atoms with Crippen LogP contribution in [0.2, 0.25) is 0 Å². The number of fused-ring (bicyclic) bond motifs is 1. The van der Waals surface area contributed by atoms with Crippen LogP contribution in [0.25, 0.3) is 10.8 Å². The van der Waals surface area contributed by atoms with Crippen molar-refractivity contribution in [3.63, 3.8) is 0 Å². The number of phenolic OH excluding ortho intramolecular Hbond substituents is 1. The summed E-state index contributed by atoms with van der Waals surface area (Å²) in [5.41, 5.74) is 0.355. The number of benzene rings is 3. The van der Waals surface area contributed by atoms with Crippen LogP contribution in [0.3, 0.4) is 0 Å². The predicted octanol–water partition coefficient (Wildman–Crippen LogP) is 2.47. The summed E-state index contributed by atoms with van der Waals surface area (Å²) in [6.45, 7) is 1.45. The van der Waals surface area contributed by atoms with Crippen LogP contribution in [-0.2, 0) is 20.2 Å². The third kappa shape index (κ3) is 6.29. The second-order valence-electron chi connectivity index (χ2n) is 6.26. The summed E-state index contributed by atoms with van der Waals surface area (Å²) in [7, 11) is -7.59. The molecule has 3 N–H and O–H groups in total. The Morgan fingerprint density at radius 3 is 2.09 bits per heavy atom. The van der Waals surface area contributed by atoms with Crippen molar-refractivity contribution in [2.45, 2.75) is 16.7 Å². The third-order valence-electron chi connectivity index (χ3n) is 4.25. The Kier molecular flexibility index (Phi) is 9.88. The van der Waals surface area contributed by atoms with Crippen LogP contribution in [0, 0.1) is 6.92 Å². The van der Waals surface area contributed by atoms with Crippen molar-refractivity contribution < 1.29 is 35.8 Å². The summed E-state index contributed by atoms with van der Waals surface area (Å²) in [6.07, 6.45) is 0. The monoisotopic (exact) mass is 500 g/mol. The number of azo groups is 1. The van der Waals surface area contributed by atoms with Crippen LogP contribution in [0.1, 0.15) is 5.56 Å². The first-order chi connectivity index (χ1) is 13.9. The summed E-state index contributed by atoms with van der Waals surface area (Å²) in [4.78, 5) is -0.661. The van der Waals surface area contributed by atoms with Gasteiger partial charge in [0.25, 0.3) is 20.2 Å². The summed E-state index contributed by atoms with van der Waals surface area (Å²) in [5, 5.41) is 18.9. The van der Waals surface area contributed by atoms with Gasteiger partial charge < -0.3 is 9.84 Å². The molecule has 0 aliphatic carbocycles. The molecule has 0 saturated heterocycles. The molecule has 3 aromatic carbocycles. The van der Waals surface area contributed by atoms with Crippen LogP contribution in [0.15, 0.2) is 62.5 Å². The fourth-order valence-corrected chi connectivity index (χ4v) is 4.06. The second-order valence-corrected chi connectivity index (χ2v) is 9.07. The van der Waals surface area contributed by atoms with E-state index in [9.17, 15) is 31.0 Å². The Morgan fingerprint density at radius 2 is 1.53 bits per heavy atom. The van der Waals surface area contributed by atoms with Gasteiger partial charge in [-0.25, -0.2) is 0 Å². The van der Waals surface area contributed by atoms with Gasteiger partial charge in [0.05, 0.1) is 12.0 Å². The maximum atomic E-state index is 11.5. The Hall–Kier alpha value is -1.06. The first-order valence-electron chi connectivity index (χ1n) is 8.23. The number of aryl methyl sites for hydroxylation is 1. The van der Waals surface area contributed by atoms with E-state index in [1.807, 2.05) is 0 Å². The molecule has 0 fully saturated rings. The van der Waals surface area contributed by atoms with Crippen LogP contribution >= 0.6 is 0 Å². The molecule has 3 rings (SSSR count). The van der Waals surface area contributed by atoms with E-state index in [0.29, 0.717) is 10.8 Å². The van der Waals surface area contributed by atoms with Gasteiger partial charge in [-0.1, -0.05) is 12.1 Å². The van der Waals surface area contributed by atoms with E-state index in [0.717, 1.165) is 12.1 Å². The summed E-state index contributed by atoms with van der Waals surface area (Å²) in [6, 6.07) is 8.90. The normalized spacial score (nSPS) is 11.8. The van der Waals surface area contributed by atoms with E-state index >= 15 is 0 Å². The first-order valence-corrected chi connectivity index (χ1v) is 11.1. The van der Waals surface area contributed by atoms with Gasteiger partial charge in [-0.2, -0.15) is 16.8 Å². The van der Waals surface area contributed by atoms with E-state index in [1.165, 1.54) is 44.4 Å². The number of aromatic hydroxyl groups is 1. The molecule has 10 nitrogen and oxygen atoms in total. The second kappa shape index (κ2) is 10.9. The van der Waals surface area contributed by atoms with Crippen molar-refractivity contribution in [3.05, 3.63) is 48.0 Å². The number of hydrogen-bond donors (Lipinski definition) is 3. The molecule has 0 bridgehead atoms. The fraction of sp³-hybridized carbons (Fsp3) is 0.111. The van der Waals surface area contributed by atoms with E-state index in [1.54, 1.807) is 0 Å². The Bertz CT molecular complexity index is 1410. The van der Waals surface area contributed by atoms with Gasteiger partial charge in [-0.3, -0.25) is 9.11 Å². The average molecular weight is 500 g/mol. The molecular weight excluding hydrogens is 482 g/mol. The van der Waals surface area contributed by atoms with Crippen molar-refractivity contribution in [1.29, 1.82) is 0 Å². The molecule has 0 saturated carbocycles. The fourth-order valence-electron chi connectivity index (χ4n) is 2.82. The Morgan fingerprint density at radius 1 is 0.875 bits per heavy atom. The average Bonchev–Trinajstić information content (AvgIpc) is 2.65. The van der Waals surface area contributed by atoms with Crippen molar-refractivity contribution in [2.24, 2.45) is 10.2 Å². The van der Waals surface area contributed by atoms with E-state index in [2.05, 4.69) is 10.2 Å². The minimum atomic E-state index is -4.46. The quantitative estimate of drug-likeness (QED) is 0.273. The van der Waals surface area contributed by atoms with Gasteiger partial charge in [0.1, 0.15) is 27.8 Å². The predicted molar refractivity (Wildman–Crippen MR) is 121 cm³/mol. The molecule has 3 aromatic rings. The van der Waals surface area contributed by atoms with Crippen molar-refractivity contribution in [1.82, 2.24) is 0 Å². The summed E-state index contributed by atoms with van der Waals surface area (Å²) in [5.74, 6) is -0.221. The number of rotatable bonds is 5. The molecule has 0 heterocycles. The zero-order valence-corrected chi connectivity index (χ0v) is 17.3. The Balaban J connectivity index is 0.00000256. The van der Waals surface area contributed by atoms with Crippen LogP contribution < -0.4 is 4.74 Å². The molecule has 0 spiro atoms. The third-order valence-corrected chi connectivity index (χ3v) is 6.10. The van der Waals surface area contributed by atoms with Gasteiger partial charge in [0.2, 0.25) is 0 Å². The number of methoxy groups -OCH3 is 1. The molecule has 162 valence electrons. The van der Waals surface area contributed by atoms with Crippen molar-refractivity contribution in [3.8, 4) is 11.5 Å². The molecule has 0 radical (unpaired) electrons. The van der Waals surface area contributed by atoms with Crippen LogP contribution in [0.5, 0.6) is 11.5 Å². The van der Waals surface area contributed by atoms with Gasteiger partial charge >= 0.3 is 59.1 Å². The molecule has 0 atom stereocenters. The Labute approximate surface area is 228 Å². The molecule has 0 aliphatic heterocycles. The van der Waals surface area contributed by atoms with Gasteiger partial charge in [0, 0.05) is 11.5 Å². The molecule has 0 unspecified atom stereocenters. The number of hydrogen-bond acceptors (Lipinski definition) is 8. The molecule has 32 heavy (non-hydrogen) atoms. The number of nitrogens with zero attached hydrogens (tertiary/aromatic N) is 2. The molecule has 0 aliphatic rings. The topological polar surface area (TPSA) is 163 Å². The first kappa shape index (κ1) is 29.0. The summed E-state index contributed by atoms with van der Waals surface area (Å²) < 4.78 is 69.2. The zero-order chi connectivity index (χ0) is 22.3. The number of phenols is 1. The van der Waals surface area contributed by atoms with E-state index in [4.69, 9.17) is 4.74 Å². The van der Waals surface area contributed by atoms with Crippen molar-refractivity contribution >= 4 is 101 Å². The van der Waals surface area contributed by atoms with Gasteiger partial charge in [-0.05, 0) is 42.1 Å². The standard InChI is InChI=1S/C18H16N2O8S2.2Na.2H/c1-10-7-14(16(28-2)9-17(10)30(25,26)27)19-20-18-13-5-4-12(29(22,23)24)8-11(13)3-6-15(18)21;;;;/h3-9,21H,1-2H3,(H,22,23,24)(H,25,26,27);;;;/b20-19+;;;;.